The third-order valence-corrected chi connectivity index (χ3v) is 3.76. The van der Waals surface area contributed by atoms with Gasteiger partial charge in [0, 0.05) is 12.5 Å². The molecule has 0 aromatic rings. The van der Waals surface area contributed by atoms with Gasteiger partial charge in [-0.15, -0.1) is 0 Å². The number of sulfonamides is 1. The molecule has 6 heteroatoms. The second-order valence-electron chi connectivity index (χ2n) is 3.83. The Labute approximate surface area is 91.3 Å². The first kappa shape index (κ1) is 13.8. The van der Waals surface area contributed by atoms with Crippen molar-refractivity contribution in [1.82, 2.24) is 4.72 Å². The van der Waals surface area contributed by atoms with Crippen LogP contribution in [0.3, 0.4) is 0 Å². The Morgan fingerprint density at radius 1 is 1.43 bits per heavy atom. The summed E-state index contributed by atoms with van der Waals surface area (Å²) in [6.07, 6.45) is 0. The number of thiocarbonyl (C=S) groups is 1. The predicted molar refractivity (Wildman–Crippen MR) is 62.6 cm³/mol. The predicted octanol–water partition coefficient (Wildman–Crippen LogP) is 0.484. The van der Waals surface area contributed by atoms with Gasteiger partial charge in [-0.1, -0.05) is 33.0 Å². The van der Waals surface area contributed by atoms with Crippen LogP contribution < -0.4 is 10.5 Å². The molecular formula is C8H18N2O2S2. The van der Waals surface area contributed by atoms with Crippen LogP contribution >= 0.6 is 12.2 Å². The van der Waals surface area contributed by atoms with Crippen molar-refractivity contribution >= 4 is 27.2 Å². The average Bonchev–Trinajstić information content (AvgIpc) is 1.97. The van der Waals surface area contributed by atoms with Gasteiger partial charge in [-0.25, -0.2) is 13.1 Å². The van der Waals surface area contributed by atoms with Gasteiger partial charge in [-0.2, -0.15) is 0 Å². The molecular weight excluding hydrogens is 220 g/mol. The molecule has 0 aliphatic rings. The van der Waals surface area contributed by atoms with Gasteiger partial charge in [0.25, 0.3) is 0 Å². The van der Waals surface area contributed by atoms with Crippen molar-refractivity contribution in [2.45, 2.75) is 20.8 Å². The summed E-state index contributed by atoms with van der Waals surface area (Å²) < 4.78 is 25.2. The highest BCUT2D eigenvalue weighted by Gasteiger charge is 2.14. The number of nitrogens with two attached hydrogens (primary N) is 1. The molecule has 84 valence electrons. The Kier molecular flexibility index (Phi) is 5.54. The highest BCUT2D eigenvalue weighted by Crippen LogP contribution is 1.99. The third-order valence-electron chi connectivity index (χ3n) is 1.65. The molecule has 0 aliphatic carbocycles. The lowest BCUT2D eigenvalue weighted by Gasteiger charge is -2.12. The molecule has 0 heterocycles. The van der Waals surface area contributed by atoms with Crippen LogP contribution in [0.1, 0.15) is 20.8 Å². The van der Waals surface area contributed by atoms with Crippen LogP contribution in [0, 0.1) is 11.8 Å². The van der Waals surface area contributed by atoms with E-state index in [1.807, 2.05) is 13.8 Å². The molecule has 0 amide bonds. The van der Waals surface area contributed by atoms with Gasteiger partial charge in [0.05, 0.1) is 10.7 Å². The maximum atomic E-state index is 11.4. The second kappa shape index (κ2) is 5.63. The maximum Gasteiger partial charge on any atom is 0.211 e. The van der Waals surface area contributed by atoms with Gasteiger partial charge < -0.3 is 5.73 Å². The molecule has 0 aromatic carbocycles. The minimum atomic E-state index is -3.17. The first-order valence-corrected chi connectivity index (χ1v) is 6.57. The molecule has 0 saturated carbocycles. The van der Waals surface area contributed by atoms with Gasteiger partial charge >= 0.3 is 0 Å². The molecule has 0 aliphatic heterocycles. The summed E-state index contributed by atoms with van der Waals surface area (Å²) in [5.74, 6) is 0.149. The van der Waals surface area contributed by atoms with E-state index >= 15 is 0 Å². The fourth-order valence-corrected chi connectivity index (χ4v) is 2.43. The van der Waals surface area contributed by atoms with E-state index in [0.29, 0.717) is 4.99 Å². The minimum absolute atomic E-state index is 0.105. The quantitative estimate of drug-likeness (QED) is 0.660. The normalized spacial score (nSPS) is 14.3. The first-order chi connectivity index (χ1) is 6.24. The summed E-state index contributed by atoms with van der Waals surface area (Å²) in [5.41, 5.74) is 5.36. The summed E-state index contributed by atoms with van der Waals surface area (Å²) >= 11 is 4.74. The number of hydrogen-bond acceptors (Lipinski definition) is 3. The monoisotopic (exact) mass is 238 g/mol. The fourth-order valence-electron chi connectivity index (χ4n) is 0.850. The van der Waals surface area contributed by atoms with Gasteiger partial charge in [-0.05, 0) is 5.92 Å². The van der Waals surface area contributed by atoms with Gasteiger partial charge in [0.15, 0.2) is 0 Å². The summed E-state index contributed by atoms with van der Waals surface area (Å²) in [6.45, 7) is 5.79. The standard InChI is InChI=1S/C8H18N2O2S2/c1-6(2)5-14(11,12)10-4-7(3)8(9)13/h6-7,10H,4-5H2,1-3H3,(H2,9,13). The molecule has 0 bridgehead atoms. The van der Waals surface area contributed by atoms with Gasteiger partial charge in [0.2, 0.25) is 10.0 Å². The molecule has 0 saturated heterocycles. The fraction of sp³-hybridized carbons (Fsp3) is 0.875. The van der Waals surface area contributed by atoms with E-state index < -0.39 is 10.0 Å². The highest BCUT2D eigenvalue weighted by atomic mass is 32.2. The summed E-state index contributed by atoms with van der Waals surface area (Å²) in [7, 11) is -3.17. The lowest BCUT2D eigenvalue weighted by atomic mass is 10.2. The minimum Gasteiger partial charge on any atom is -0.393 e. The molecule has 14 heavy (non-hydrogen) atoms. The van der Waals surface area contributed by atoms with Crippen LogP contribution in [0.25, 0.3) is 0 Å². The van der Waals surface area contributed by atoms with Crippen molar-refractivity contribution in [3.8, 4) is 0 Å². The molecule has 3 N–H and O–H groups in total. The number of rotatable bonds is 6. The van der Waals surface area contributed by atoms with Crippen LogP contribution in [0.5, 0.6) is 0 Å². The Balaban J connectivity index is 4.06. The van der Waals surface area contributed by atoms with Crippen molar-refractivity contribution in [1.29, 1.82) is 0 Å². The summed E-state index contributed by atoms with van der Waals surface area (Å²) in [4.78, 5) is 0.331. The zero-order chi connectivity index (χ0) is 11.4. The molecule has 0 spiro atoms. The van der Waals surface area contributed by atoms with Crippen LogP contribution in [-0.2, 0) is 10.0 Å². The summed E-state index contributed by atoms with van der Waals surface area (Å²) in [5, 5.41) is 0. The van der Waals surface area contributed by atoms with Gasteiger partial charge in [-0.3, -0.25) is 0 Å². The lowest BCUT2D eigenvalue weighted by molar-refractivity contribution is 0.562. The van der Waals surface area contributed by atoms with Crippen molar-refractivity contribution in [2.75, 3.05) is 12.3 Å². The molecule has 1 atom stereocenters. The lowest BCUT2D eigenvalue weighted by Crippen LogP contribution is -2.35. The zero-order valence-electron chi connectivity index (χ0n) is 8.78. The van der Waals surface area contributed by atoms with E-state index in [-0.39, 0.29) is 24.1 Å². The Morgan fingerprint density at radius 2 is 1.93 bits per heavy atom. The van der Waals surface area contributed by atoms with E-state index in [2.05, 4.69) is 4.72 Å². The number of hydrogen-bond donors (Lipinski definition) is 2. The Hall–Kier alpha value is -0.200. The van der Waals surface area contributed by atoms with E-state index in [9.17, 15) is 8.42 Å². The zero-order valence-corrected chi connectivity index (χ0v) is 10.4. The molecule has 0 fully saturated rings. The van der Waals surface area contributed by atoms with Crippen LogP contribution in [0.15, 0.2) is 0 Å². The largest absolute Gasteiger partial charge is 0.393 e. The van der Waals surface area contributed by atoms with E-state index in [0.717, 1.165) is 0 Å². The smallest absolute Gasteiger partial charge is 0.211 e. The van der Waals surface area contributed by atoms with Crippen LogP contribution in [0.4, 0.5) is 0 Å². The van der Waals surface area contributed by atoms with Crippen molar-refractivity contribution in [3.05, 3.63) is 0 Å². The molecule has 0 radical (unpaired) electrons. The highest BCUT2D eigenvalue weighted by molar-refractivity contribution is 7.89. The van der Waals surface area contributed by atoms with E-state index in [1.54, 1.807) is 6.92 Å². The van der Waals surface area contributed by atoms with Gasteiger partial charge in [0.1, 0.15) is 0 Å². The number of nitrogens with one attached hydrogen (secondary N) is 1. The average molecular weight is 238 g/mol. The van der Waals surface area contributed by atoms with Crippen LogP contribution in [-0.4, -0.2) is 25.7 Å². The van der Waals surface area contributed by atoms with E-state index in [1.165, 1.54) is 0 Å². The van der Waals surface area contributed by atoms with Crippen molar-refractivity contribution < 1.29 is 8.42 Å². The topological polar surface area (TPSA) is 72.2 Å². The van der Waals surface area contributed by atoms with Crippen molar-refractivity contribution in [2.24, 2.45) is 17.6 Å². The second-order valence-corrected chi connectivity index (χ2v) is 6.15. The van der Waals surface area contributed by atoms with Crippen LogP contribution in [0.2, 0.25) is 0 Å². The Morgan fingerprint density at radius 3 is 2.29 bits per heavy atom. The van der Waals surface area contributed by atoms with E-state index in [4.69, 9.17) is 18.0 Å². The summed E-state index contributed by atoms with van der Waals surface area (Å²) in [6, 6.07) is 0. The SMILES string of the molecule is CC(C)CS(=O)(=O)NCC(C)C(N)=S. The first-order valence-electron chi connectivity index (χ1n) is 4.51. The molecule has 0 aromatic heterocycles. The molecule has 4 nitrogen and oxygen atoms in total. The molecule has 1 unspecified atom stereocenters. The van der Waals surface area contributed by atoms with Crippen molar-refractivity contribution in [3.63, 3.8) is 0 Å². The molecule has 0 rings (SSSR count). The third kappa shape index (κ3) is 6.28. The Bertz CT molecular complexity index is 286. The maximum absolute atomic E-state index is 11.4.